The highest BCUT2D eigenvalue weighted by molar-refractivity contribution is 6.32. The van der Waals surface area contributed by atoms with Crippen LogP contribution in [0.2, 0.25) is 5.02 Å². The van der Waals surface area contributed by atoms with Gasteiger partial charge in [-0.2, -0.15) is 5.10 Å². The number of nitrogens with zero attached hydrogens (tertiary/aromatic N) is 3. The van der Waals surface area contributed by atoms with E-state index in [1.807, 2.05) is 6.07 Å². The molecule has 0 spiro atoms. The third-order valence-electron chi connectivity index (χ3n) is 3.78. The van der Waals surface area contributed by atoms with Crippen molar-refractivity contribution in [2.24, 2.45) is 0 Å². The van der Waals surface area contributed by atoms with Gasteiger partial charge in [0, 0.05) is 26.0 Å². The van der Waals surface area contributed by atoms with E-state index in [1.54, 1.807) is 12.1 Å². The van der Waals surface area contributed by atoms with Crippen LogP contribution in [0.1, 0.15) is 43.4 Å². The molecule has 0 radical (unpaired) electrons. The fourth-order valence-electron chi connectivity index (χ4n) is 2.35. The molecule has 3 aromatic rings. The van der Waals surface area contributed by atoms with Crippen molar-refractivity contribution >= 4 is 29.0 Å². The molecule has 0 aliphatic heterocycles. The number of halogens is 1. The van der Waals surface area contributed by atoms with E-state index in [-0.39, 0.29) is 13.0 Å². The van der Waals surface area contributed by atoms with Crippen LogP contribution in [0.15, 0.2) is 28.8 Å². The molecule has 3 heterocycles. The highest BCUT2D eigenvalue weighted by Gasteiger charge is 2.25. The molecule has 0 bridgehead atoms. The smallest absolute Gasteiger partial charge is 0.197 e. The number of aromatic nitrogens is 4. The molecule has 0 aromatic carbocycles. The maximum Gasteiger partial charge on any atom is 0.197 e. The van der Waals surface area contributed by atoms with Gasteiger partial charge in [0.2, 0.25) is 0 Å². The predicted molar refractivity (Wildman–Crippen MR) is 90.7 cm³/mol. The molecule has 1 saturated carbocycles. The quantitative estimate of drug-likeness (QED) is 0.673. The van der Waals surface area contributed by atoms with Crippen molar-refractivity contribution in [3.05, 3.63) is 40.9 Å². The Morgan fingerprint density at radius 3 is 3.00 bits per heavy atom. The van der Waals surface area contributed by atoms with Crippen LogP contribution in [-0.2, 0) is 0 Å². The van der Waals surface area contributed by atoms with Crippen LogP contribution in [0, 0.1) is 0 Å². The van der Waals surface area contributed by atoms with E-state index in [2.05, 4.69) is 25.5 Å². The van der Waals surface area contributed by atoms with Gasteiger partial charge in [0.25, 0.3) is 0 Å². The Hall–Kier alpha value is -2.67. The first-order valence-corrected chi connectivity index (χ1v) is 7.94. The lowest BCUT2D eigenvalue weighted by Crippen LogP contribution is -1.98. The number of nitrogens with one attached hydrogen (secondary N) is 2. The zero-order chi connectivity index (χ0) is 16.7. The number of H-pyrrole nitrogens is 1. The first kappa shape index (κ1) is 14.9. The molecule has 24 heavy (non-hydrogen) atoms. The fraction of sp³-hybridized carbons (Fsp3) is 0.250. The number of ketones is 1. The van der Waals surface area contributed by atoms with Gasteiger partial charge in [-0.15, -0.1) is 0 Å². The number of furan rings is 1. The molecule has 2 N–H and O–H groups in total. The molecular weight excluding hydrogens is 330 g/mol. The van der Waals surface area contributed by atoms with Crippen LogP contribution in [0.25, 0.3) is 11.6 Å². The summed E-state index contributed by atoms with van der Waals surface area (Å²) >= 11 is 6.16. The molecule has 124 valence electrons. The third kappa shape index (κ3) is 2.90. The Balaban J connectivity index is 0.00000182. The number of carbonyl (C=O) groups is 1. The van der Waals surface area contributed by atoms with Gasteiger partial charge >= 0.3 is 0 Å². The largest absolute Gasteiger partial charge is 0.450 e. The highest BCUT2D eigenvalue weighted by Crippen LogP contribution is 2.39. The van der Waals surface area contributed by atoms with Crippen LogP contribution in [0.5, 0.6) is 0 Å². The normalized spacial score (nSPS) is 13.9. The number of rotatable bonds is 5. The van der Waals surface area contributed by atoms with Crippen LogP contribution in [0.3, 0.4) is 0 Å². The SMILES string of the molecule is CC(=O)c1ccc(-c2ncc(Cl)c(Nc3cc(C4CC4)[nH]n3)n2)o1.[HH]. The van der Waals surface area contributed by atoms with Gasteiger partial charge in [0.1, 0.15) is 5.02 Å². The van der Waals surface area contributed by atoms with E-state index in [0.29, 0.717) is 34.2 Å². The van der Waals surface area contributed by atoms with E-state index in [0.717, 1.165) is 5.69 Å². The number of carbonyl (C=O) groups excluding carboxylic acids is 1. The molecule has 1 fully saturated rings. The lowest BCUT2D eigenvalue weighted by atomic mass is 10.3. The van der Waals surface area contributed by atoms with E-state index >= 15 is 0 Å². The Bertz CT molecular complexity index is 919. The Morgan fingerprint density at radius 2 is 2.29 bits per heavy atom. The Kier molecular flexibility index (Phi) is 3.57. The van der Waals surface area contributed by atoms with Crippen molar-refractivity contribution in [3.63, 3.8) is 0 Å². The number of aromatic amines is 1. The molecule has 0 atom stereocenters. The summed E-state index contributed by atoms with van der Waals surface area (Å²) in [6.07, 6.45) is 3.87. The summed E-state index contributed by atoms with van der Waals surface area (Å²) in [5, 5.41) is 10.7. The van der Waals surface area contributed by atoms with Gasteiger partial charge in [0.15, 0.2) is 34.8 Å². The summed E-state index contributed by atoms with van der Waals surface area (Å²) in [6.45, 7) is 1.44. The topological polar surface area (TPSA) is 96.7 Å². The molecule has 0 unspecified atom stereocenters. The zero-order valence-electron chi connectivity index (χ0n) is 12.8. The van der Waals surface area contributed by atoms with Gasteiger partial charge in [-0.05, 0) is 25.0 Å². The summed E-state index contributed by atoms with van der Waals surface area (Å²) in [6, 6.07) is 5.21. The highest BCUT2D eigenvalue weighted by atomic mass is 35.5. The third-order valence-corrected chi connectivity index (χ3v) is 4.06. The van der Waals surface area contributed by atoms with Crippen LogP contribution >= 0.6 is 11.6 Å². The average Bonchev–Trinajstić information content (AvgIpc) is 3.10. The molecule has 1 aliphatic carbocycles. The molecule has 3 aromatic heterocycles. The monoisotopic (exact) mass is 345 g/mol. The Labute approximate surface area is 143 Å². The lowest BCUT2D eigenvalue weighted by molar-refractivity contribution is 0.0988. The predicted octanol–water partition coefficient (Wildman–Crippen LogP) is 4.18. The fourth-order valence-corrected chi connectivity index (χ4v) is 2.48. The van der Waals surface area contributed by atoms with Crippen LogP contribution in [0.4, 0.5) is 11.6 Å². The van der Waals surface area contributed by atoms with Crippen LogP contribution < -0.4 is 5.32 Å². The number of Topliss-reactive ketones (excluding diaryl/α,β-unsaturated/α-hetero) is 1. The number of hydrogen-bond acceptors (Lipinski definition) is 6. The average molecular weight is 346 g/mol. The summed E-state index contributed by atoms with van der Waals surface area (Å²) in [5.41, 5.74) is 1.11. The maximum atomic E-state index is 11.3. The van der Waals surface area contributed by atoms with Crippen molar-refractivity contribution < 1.29 is 10.6 Å². The maximum absolute atomic E-state index is 11.3. The van der Waals surface area contributed by atoms with Gasteiger partial charge in [-0.3, -0.25) is 9.89 Å². The number of anilines is 2. The summed E-state index contributed by atoms with van der Waals surface area (Å²) in [4.78, 5) is 19.9. The van der Waals surface area contributed by atoms with Gasteiger partial charge in [0.05, 0.1) is 6.20 Å². The van der Waals surface area contributed by atoms with Crippen molar-refractivity contribution in [3.8, 4) is 11.6 Å². The molecule has 0 saturated heterocycles. The second-order valence-electron chi connectivity index (χ2n) is 5.72. The van der Waals surface area contributed by atoms with E-state index in [9.17, 15) is 4.79 Å². The van der Waals surface area contributed by atoms with Gasteiger partial charge < -0.3 is 9.73 Å². The molecule has 0 amide bonds. The second kappa shape index (κ2) is 5.76. The Morgan fingerprint density at radius 1 is 1.46 bits per heavy atom. The molecule has 1 aliphatic rings. The van der Waals surface area contributed by atoms with Crippen molar-refractivity contribution in [1.29, 1.82) is 0 Å². The van der Waals surface area contributed by atoms with Crippen molar-refractivity contribution in [2.75, 3.05) is 5.32 Å². The minimum atomic E-state index is -0.155. The van der Waals surface area contributed by atoms with E-state index < -0.39 is 0 Å². The summed E-state index contributed by atoms with van der Waals surface area (Å²) in [7, 11) is 0. The summed E-state index contributed by atoms with van der Waals surface area (Å²) < 4.78 is 5.45. The van der Waals surface area contributed by atoms with Gasteiger partial charge in [-0.25, -0.2) is 9.97 Å². The summed E-state index contributed by atoms with van der Waals surface area (Å²) in [5.74, 6) is 2.51. The molecular formula is C16H16ClN5O2. The molecule has 8 heteroatoms. The first-order valence-electron chi connectivity index (χ1n) is 7.56. The second-order valence-corrected chi connectivity index (χ2v) is 6.13. The minimum absolute atomic E-state index is 0. The molecule has 4 rings (SSSR count). The number of hydrogen-bond donors (Lipinski definition) is 2. The first-order chi connectivity index (χ1) is 11.6. The van der Waals surface area contributed by atoms with E-state index in [4.69, 9.17) is 16.0 Å². The van der Waals surface area contributed by atoms with Crippen molar-refractivity contribution in [1.82, 2.24) is 20.2 Å². The van der Waals surface area contributed by atoms with E-state index in [1.165, 1.54) is 26.0 Å². The minimum Gasteiger partial charge on any atom is -0.450 e. The molecule has 7 nitrogen and oxygen atoms in total. The van der Waals surface area contributed by atoms with Crippen LogP contribution in [-0.4, -0.2) is 25.9 Å². The zero-order valence-corrected chi connectivity index (χ0v) is 13.6. The standard InChI is InChI=1S/C16H14ClN5O2.H2/c1-8(23)12-4-5-13(24-12)16-18-7-10(17)15(20-16)19-14-6-11(21-22-14)9-2-3-9;/h4-7,9H,2-3H2,1H3,(H2,18,19,20,21,22);1H. The van der Waals surface area contributed by atoms with Crippen molar-refractivity contribution in [2.45, 2.75) is 25.7 Å². The lowest BCUT2D eigenvalue weighted by Gasteiger charge is -2.05. The van der Waals surface area contributed by atoms with Gasteiger partial charge in [-0.1, -0.05) is 11.6 Å².